The summed E-state index contributed by atoms with van der Waals surface area (Å²) in [5.74, 6) is -0.751. The van der Waals surface area contributed by atoms with E-state index in [1.54, 1.807) is 0 Å². The third kappa shape index (κ3) is 3.96. The summed E-state index contributed by atoms with van der Waals surface area (Å²) in [4.78, 5) is 5.97. The van der Waals surface area contributed by atoms with Crippen molar-refractivity contribution in [3.63, 3.8) is 0 Å². The van der Waals surface area contributed by atoms with Gasteiger partial charge in [0, 0.05) is 0 Å². The summed E-state index contributed by atoms with van der Waals surface area (Å²) in [6, 6.07) is 2.52. The molecule has 0 bridgehead atoms. The number of imidazole rings is 1. The van der Waals surface area contributed by atoms with E-state index in [2.05, 4.69) is 9.97 Å². The number of aromatic amines is 1. The van der Waals surface area contributed by atoms with E-state index in [4.69, 9.17) is 4.74 Å². The first kappa shape index (κ1) is 20.8. The minimum atomic E-state index is -5.14. The van der Waals surface area contributed by atoms with Gasteiger partial charge in [0.25, 0.3) is 0 Å². The monoisotopic (exact) mass is 428 g/mol. The highest BCUT2D eigenvalue weighted by Crippen LogP contribution is 2.41. The third-order valence-corrected chi connectivity index (χ3v) is 4.00. The molecule has 0 fully saturated rings. The number of alkyl halides is 9. The molecular formula is C17H9F9N2O. The fourth-order valence-electron chi connectivity index (χ4n) is 2.69. The largest absolute Gasteiger partial charge is 0.496 e. The molecule has 0 aliphatic carbocycles. The zero-order valence-electron chi connectivity index (χ0n) is 14.1. The van der Waals surface area contributed by atoms with Crippen molar-refractivity contribution in [2.24, 2.45) is 0 Å². The summed E-state index contributed by atoms with van der Waals surface area (Å²) in [7, 11) is 1.03. The lowest BCUT2D eigenvalue weighted by Crippen LogP contribution is -2.11. The van der Waals surface area contributed by atoms with Crippen molar-refractivity contribution < 1.29 is 44.3 Å². The third-order valence-electron chi connectivity index (χ3n) is 4.00. The minimum Gasteiger partial charge on any atom is -0.496 e. The van der Waals surface area contributed by atoms with Gasteiger partial charge in [0.05, 0.1) is 34.9 Å². The molecule has 12 heteroatoms. The maximum Gasteiger partial charge on any atom is 0.418 e. The highest BCUT2D eigenvalue weighted by molar-refractivity contribution is 5.85. The zero-order valence-corrected chi connectivity index (χ0v) is 14.1. The molecule has 0 radical (unpaired) electrons. The van der Waals surface area contributed by atoms with Gasteiger partial charge in [0.2, 0.25) is 0 Å². The Bertz CT molecular complexity index is 1060. The molecule has 0 unspecified atom stereocenters. The van der Waals surface area contributed by atoms with E-state index in [9.17, 15) is 39.5 Å². The molecule has 156 valence electrons. The molecule has 0 saturated carbocycles. The number of hydrogen-bond donors (Lipinski definition) is 1. The van der Waals surface area contributed by atoms with Gasteiger partial charge in [-0.3, -0.25) is 0 Å². The Morgan fingerprint density at radius 3 is 1.93 bits per heavy atom. The van der Waals surface area contributed by atoms with E-state index in [1.165, 1.54) is 0 Å². The number of nitrogens with one attached hydrogen (secondary N) is 1. The van der Waals surface area contributed by atoms with Crippen LogP contribution in [0.4, 0.5) is 39.5 Å². The maximum absolute atomic E-state index is 13.3. The normalized spacial score (nSPS) is 13.2. The van der Waals surface area contributed by atoms with E-state index in [0.717, 1.165) is 13.2 Å². The smallest absolute Gasteiger partial charge is 0.418 e. The quantitative estimate of drug-likeness (QED) is 0.487. The molecule has 0 aliphatic rings. The summed E-state index contributed by atoms with van der Waals surface area (Å²) in [6.07, 6.45) is -14.9. The molecule has 2 aromatic carbocycles. The second-order valence-corrected chi connectivity index (χ2v) is 5.91. The Morgan fingerprint density at radius 1 is 0.793 bits per heavy atom. The van der Waals surface area contributed by atoms with Crippen molar-refractivity contribution in [1.82, 2.24) is 9.97 Å². The Morgan fingerprint density at radius 2 is 1.41 bits per heavy atom. The lowest BCUT2D eigenvalue weighted by Gasteiger charge is -2.12. The topological polar surface area (TPSA) is 37.9 Å². The van der Waals surface area contributed by atoms with Crippen molar-refractivity contribution in [3.8, 4) is 17.1 Å². The van der Waals surface area contributed by atoms with Gasteiger partial charge in [-0.1, -0.05) is 0 Å². The molecule has 1 heterocycles. The van der Waals surface area contributed by atoms with Crippen LogP contribution in [0.1, 0.15) is 16.7 Å². The number of methoxy groups -OCH3 is 1. The number of H-pyrrole nitrogens is 1. The lowest BCUT2D eigenvalue weighted by molar-refractivity contribution is -0.142. The predicted octanol–water partition coefficient (Wildman–Crippen LogP) is 6.29. The standard InChI is InChI=1S/C17H9F9N2O/c1-29-12-6-7(15(18,19)20)2-3-9(12)14-27-11-5-8(16(21,22)23)4-10(13(11)28-14)17(24,25)26/h2-6H,1H3,(H,27,28). The molecule has 1 aromatic heterocycles. The van der Waals surface area contributed by atoms with Crippen LogP contribution in [0.3, 0.4) is 0 Å². The Hall–Kier alpha value is -2.92. The SMILES string of the molecule is COc1cc(C(F)(F)F)ccc1-c1nc2c(C(F)(F)F)cc(C(F)(F)F)cc2[nH]1. The number of aromatic nitrogens is 2. The summed E-state index contributed by atoms with van der Waals surface area (Å²) < 4.78 is 122. The minimum absolute atomic E-state index is 0.0725. The summed E-state index contributed by atoms with van der Waals surface area (Å²) in [5, 5.41) is 0. The number of halogens is 9. The second-order valence-electron chi connectivity index (χ2n) is 5.91. The molecule has 3 rings (SSSR count). The van der Waals surface area contributed by atoms with Crippen LogP contribution in [-0.4, -0.2) is 17.1 Å². The van der Waals surface area contributed by atoms with Gasteiger partial charge in [-0.05, 0) is 30.3 Å². The predicted molar refractivity (Wildman–Crippen MR) is 83.1 cm³/mol. The van der Waals surface area contributed by atoms with E-state index >= 15 is 0 Å². The van der Waals surface area contributed by atoms with Crippen LogP contribution in [-0.2, 0) is 18.5 Å². The van der Waals surface area contributed by atoms with Crippen molar-refractivity contribution in [3.05, 3.63) is 47.0 Å². The number of benzene rings is 2. The molecule has 0 saturated heterocycles. The molecular weight excluding hydrogens is 419 g/mol. The van der Waals surface area contributed by atoms with Gasteiger partial charge < -0.3 is 9.72 Å². The van der Waals surface area contributed by atoms with Gasteiger partial charge in [-0.15, -0.1) is 0 Å². The van der Waals surface area contributed by atoms with E-state index in [0.29, 0.717) is 18.2 Å². The second kappa shape index (κ2) is 6.56. The number of hydrogen-bond acceptors (Lipinski definition) is 2. The highest BCUT2D eigenvalue weighted by Gasteiger charge is 2.39. The average molecular weight is 428 g/mol. The van der Waals surface area contributed by atoms with Crippen LogP contribution >= 0.6 is 0 Å². The van der Waals surface area contributed by atoms with Gasteiger partial charge in [-0.25, -0.2) is 4.98 Å². The van der Waals surface area contributed by atoms with Crippen LogP contribution in [0, 0.1) is 0 Å². The number of rotatable bonds is 2. The van der Waals surface area contributed by atoms with E-state index in [-0.39, 0.29) is 23.2 Å². The Kier molecular flexibility index (Phi) is 4.71. The average Bonchev–Trinajstić information content (AvgIpc) is 3.01. The number of nitrogens with zero attached hydrogens (tertiary/aromatic N) is 1. The molecule has 0 aliphatic heterocycles. The van der Waals surface area contributed by atoms with Crippen LogP contribution in [0.2, 0.25) is 0 Å². The van der Waals surface area contributed by atoms with Crippen molar-refractivity contribution >= 4 is 11.0 Å². The molecule has 0 spiro atoms. The van der Waals surface area contributed by atoms with Crippen LogP contribution in [0.5, 0.6) is 5.75 Å². The van der Waals surface area contributed by atoms with Crippen molar-refractivity contribution in [2.75, 3.05) is 7.11 Å². The van der Waals surface area contributed by atoms with Crippen LogP contribution in [0.15, 0.2) is 30.3 Å². The fraction of sp³-hybridized carbons (Fsp3) is 0.235. The molecule has 0 amide bonds. The first-order chi connectivity index (χ1) is 13.2. The lowest BCUT2D eigenvalue weighted by atomic mass is 10.1. The molecule has 3 nitrogen and oxygen atoms in total. The molecule has 3 aromatic rings. The van der Waals surface area contributed by atoms with Gasteiger partial charge in [-0.2, -0.15) is 39.5 Å². The first-order valence-corrected chi connectivity index (χ1v) is 7.65. The van der Waals surface area contributed by atoms with Crippen LogP contribution in [0.25, 0.3) is 22.4 Å². The van der Waals surface area contributed by atoms with Gasteiger partial charge in [0.1, 0.15) is 17.1 Å². The van der Waals surface area contributed by atoms with E-state index in [1.807, 2.05) is 0 Å². The highest BCUT2D eigenvalue weighted by atomic mass is 19.4. The first-order valence-electron chi connectivity index (χ1n) is 7.65. The van der Waals surface area contributed by atoms with Gasteiger partial charge in [0.15, 0.2) is 0 Å². The van der Waals surface area contributed by atoms with E-state index < -0.39 is 46.3 Å². The van der Waals surface area contributed by atoms with Crippen molar-refractivity contribution in [1.29, 1.82) is 0 Å². The summed E-state index contributed by atoms with van der Waals surface area (Å²) in [6.45, 7) is 0. The molecule has 1 N–H and O–H groups in total. The number of ether oxygens (including phenoxy) is 1. The van der Waals surface area contributed by atoms with Crippen molar-refractivity contribution in [2.45, 2.75) is 18.5 Å². The van der Waals surface area contributed by atoms with Crippen LogP contribution < -0.4 is 4.74 Å². The Labute approximate surface area is 156 Å². The summed E-state index contributed by atoms with van der Waals surface area (Å²) >= 11 is 0. The number of fused-ring (bicyclic) bond motifs is 1. The fourth-order valence-corrected chi connectivity index (χ4v) is 2.69. The van der Waals surface area contributed by atoms with Gasteiger partial charge >= 0.3 is 18.5 Å². The maximum atomic E-state index is 13.3. The molecule has 0 atom stereocenters. The Balaban J connectivity index is 2.25. The zero-order chi connectivity index (χ0) is 21.8. The summed E-state index contributed by atoms with van der Waals surface area (Å²) in [5.41, 5.74) is -5.79. The molecule has 29 heavy (non-hydrogen) atoms.